The summed E-state index contributed by atoms with van der Waals surface area (Å²) in [5.41, 5.74) is -1.21. The Morgan fingerprint density at radius 3 is 2.30 bits per heavy atom. The number of hydrogen-bond donors (Lipinski definition) is 0. The highest BCUT2D eigenvalue weighted by atomic mass is 19.4. The van der Waals surface area contributed by atoms with Crippen LogP contribution in [0.1, 0.15) is 31.9 Å². The van der Waals surface area contributed by atoms with E-state index in [0.717, 1.165) is 6.07 Å². The van der Waals surface area contributed by atoms with Crippen molar-refractivity contribution in [2.24, 2.45) is 0 Å². The minimum Gasteiger partial charge on any atom is -0.363 e. The summed E-state index contributed by atoms with van der Waals surface area (Å²) < 4.78 is 38.9. The lowest BCUT2D eigenvalue weighted by atomic mass is 10.0. The van der Waals surface area contributed by atoms with E-state index < -0.39 is 11.7 Å². The van der Waals surface area contributed by atoms with Gasteiger partial charge in [0.15, 0.2) is 0 Å². The van der Waals surface area contributed by atoms with Crippen molar-refractivity contribution >= 4 is 5.69 Å². The van der Waals surface area contributed by atoms with Gasteiger partial charge in [-0.1, -0.05) is 6.08 Å². The predicted octanol–water partition coefficient (Wildman–Crippen LogP) is 4.37. The maximum Gasteiger partial charge on any atom is 0.417 e. The first-order valence-electron chi connectivity index (χ1n) is 6.11. The highest BCUT2D eigenvalue weighted by Gasteiger charge is 2.34. The molecule has 0 aliphatic rings. The molecule has 5 heteroatoms. The molecule has 0 fully saturated rings. The zero-order valence-electron chi connectivity index (χ0n) is 11.8. The minimum atomic E-state index is -4.54. The molecule has 1 aromatic carbocycles. The fourth-order valence-corrected chi connectivity index (χ4v) is 1.93. The summed E-state index contributed by atoms with van der Waals surface area (Å²) in [6.07, 6.45) is -2.91. The van der Waals surface area contributed by atoms with Gasteiger partial charge in [0.05, 0.1) is 17.2 Å². The van der Waals surface area contributed by atoms with Crippen molar-refractivity contribution in [3.63, 3.8) is 0 Å². The normalized spacial score (nSPS) is 11.8. The van der Waals surface area contributed by atoms with Crippen LogP contribution in [0.15, 0.2) is 30.9 Å². The van der Waals surface area contributed by atoms with Gasteiger partial charge in [-0.05, 0) is 39.0 Å². The molecule has 0 atom stereocenters. The Hall–Kier alpha value is -1.96. The Morgan fingerprint density at radius 2 is 1.90 bits per heavy atom. The molecule has 0 amide bonds. The molecule has 0 saturated heterocycles. The van der Waals surface area contributed by atoms with E-state index in [1.54, 1.807) is 17.0 Å². The maximum absolute atomic E-state index is 13.0. The van der Waals surface area contributed by atoms with Crippen LogP contribution in [0, 0.1) is 11.3 Å². The van der Waals surface area contributed by atoms with Crippen LogP contribution in [0.5, 0.6) is 0 Å². The number of alkyl halides is 3. The van der Waals surface area contributed by atoms with Gasteiger partial charge in [0.1, 0.15) is 0 Å². The second-order valence-corrected chi connectivity index (χ2v) is 5.41. The van der Waals surface area contributed by atoms with E-state index in [1.165, 1.54) is 12.1 Å². The van der Waals surface area contributed by atoms with Crippen molar-refractivity contribution in [1.29, 1.82) is 5.26 Å². The van der Waals surface area contributed by atoms with Gasteiger partial charge in [0.2, 0.25) is 0 Å². The second-order valence-electron chi connectivity index (χ2n) is 5.41. The van der Waals surface area contributed by atoms with Crippen LogP contribution in [0.25, 0.3) is 0 Å². The molecule has 2 nitrogen and oxygen atoms in total. The second kappa shape index (κ2) is 5.58. The standard InChI is InChI=1S/C15H17F3N2/c1-5-8-20(14(2,3)4)12-7-6-11(10-19)13(9-12)15(16,17)18/h5-7,9H,1,8H2,2-4H3. The summed E-state index contributed by atoms with van der Waals surface area (Å²) in [6, 6.07) is 5.34. The van der Waals surface area contributed by atoms with E-state index >= 15 is 0 Å². The Morgan fingerprint density at radius 1 is 1.30 bits per heavy atom. The molecule has 0 unspecified atom stereocenters. The van der Waals surface area contributed by atoms with Gasteiger partial charge in [-0.15, -0.1) is 6.58 Å². The van der Waals surface area contributed by atoms with E-state index in [1.807, 2.05) is 20.8 Å². The van der Waals surface area contributed by atoms with Crippen LogP contribution in [0.3, 0.4) is 0 Å². The van der Waals surface area contributed by atoms with E-state index in [0.29, 0.717) is 12.2 Å². The molecule has 0 bridgehead atoms. The summed E-state index contributed by atoms with van der Waals surface area (Å²) in [4.78, 5) is 1.80. The van der Waals surface area contributed by atoms with Crippen LogP contribution in [0.2, 0.25) is 0 Å². The van der Waals surface area contributed by atoms with Crippen molar-refractivity contribution in [3.05, 3.63) is 42.0 Å². The molecule has 0 aliphatic heterocycles. The molecule has 0 aliphatic carbocycles. The third-order valence-electron chi connectivity index (χ3n) is 2.86. The van der Waals surface area contributed by atoms with Crippen molar-refractivity contribution in [1.82, 2.24) is 0 Å². The third kappa shape index (κ3) is 3.53. The van der Waals surface area contributed by atoms with Gasteiger partial charge in [0.25, 0.3) is 0 Å². The first-order chi connectivity index (χ1) is 9.11. The van der Waals surface area contributed by atoms with Gasteiger partial charge in [-0.25, -0.2) is 0 Å². The summed E-state index contributed by atoms with van der Waals surface area (Å²) in [5, 5.41) is 8.79. The molecule has 1 aromatic rings. The number of nitrogens with zero attached hydrogens (tertiary/aromatic N) is 2. The number of hydrogen-bond acceptors (Lipinski definition) is 2. The fourth-order valence-electron chi connectivity index (χ4n) is 1.93. The highest BCUT2D eigenvalue weighted by Crippen LogP contribution is 2.35. The van der Waals surface area contributed by atoms with Gasteiger partial charge in [-0.3, -0.25) is 0 Å². The van der Waals surface area contributed by atoms with Crippen molar-refractivity contribution < 1.29 is 13.2 Å². The number of anilines is 1. The number of rotatable bonds is 3. The molecular formula is C15H17F3N2. The average molecular weight is 282 g/mol. The lowest BCUT2D eigenvalue weighted by molar-refractivity contribution is -0.137. The Bertz CT molecular complexity index is 534. The fraction of sp³-hybridized carbons (Fsp3) is 0.400. The van der Waals surface area contributed by atoms with Crippen molar-refractivity contribution in [2.45, 2.75) is 32.5 Å². The van der Waals surface area contributed by atoms with Gasteiger partial charge >= 0.3 is 6.18 Å². The summed E-state index contributed by atoms with van der Waals surface area (Å²) in [5.74, 6) is 0. The van der Waals surface area contributed by atoms with E-state index in [2.05, 4.69) is 6.58 Å². The number of halogens is 3. The molecule has 0 radical (unpaired) electrons. The number of nitriles is 1. The Labute approximate surface area is 117 Å². The molecule has 1 rings (SSSR count). The predicted molar refractivity (Wildman–Crippen MR) is 73.5 cm³/mol. The Balaban J connectivity index is 3.40. The van der Waals surface area contributed by atoms with Crippen LogP contribution in [-0.4, -0.2) is 12.1 Å². The van der Waals surface area contributed by atoms with Crippen LogP contribution < -0.4 is 4.90 Å². The monoisotopic (exact) mass is 282 g/mol. The molecule has 0 saturated carbocycles. The summed E-state index contributed by atoms with van der Waals surface area (Å²) >= 11 is 0. The van der Waals surface area contributed by atoms with Crippen LogP contribution in [-0.2, 0) is 6.18 Å². The van der Waals surface area contributed by atoms with E-state index in [-0.39, 0.29) is 11.1 Å². The third-order valence-corrected chi connectivity index (χ3v) is 2.86. The molecule has 0 heterocycles. The van der Waals surface area contributed by atoms with Gasteiger partial charge < -0.3 is 4.90 Å². The lowest BCUT2D eigenvalue weighted by Gasteiger charge is -2.37. The van der Waals surface area contributed by atoms with Crippen LogP contribution in [0.4, 0.5) is 18.9 Å². The highest BCUT2D eigenvalue weighted by molar-refractivity contribution is 5.56. The largest absolute Gasteiger partial charge is 0.417 e. The summed E-state index contributed by atoms with van der Waals surface area (Å²) in [7, 11) is 0. The van der Waals surface area contributed by atoms with E-state index in [4.69, 9.17) is 5.26 Å². The van der Waals surface area contributed by atoms with Gasteiger partial charge in [0, 0.05) is 17.8 Å². The first kappa shape index (κ1) is 16.1. The Kier molecular flexibility index (Phi) is 4.49. The topological polar surface area (TPSA) is 27.0 Å². The molecule has 108 valence electrons. The minimum absolute atomic E-state index is 0.356. The SMILES string of the molecule is C=CCN(c1ccc(C#N)c(C(F)(F)F)c1)C(C)(C)C. The summed E-state index contributed by atoms with van der Waals surface area (Å²) in [6.45, 7) is 9.77. The molecule has 0 spiro atoms. The number of benzene rings is 1. The smallest absolute Gasteiger partial charge is 0.363 e. The molecule has 0 aromatic heterocycles. The molecular weight excluding hydrogens is 265 g/mol. The molecule has 0 N–H and O–H groups in total. The zero-order valence-corrected chi connectivity index (χ0v) is 11.8. The average Bonchev–Trinajstić information content (AvgIpc) is 2.32. The van der Waals surface area contributed by atoms with Crippen molar-refractivity contribution in [3.8, 4) is 6.07 Å². The van der Waals surface area contributed by atoms with Gasteiger partial charge in [-0.2, -0.15) is 18.4 Å². The molecule has 20 heavy (non-hydrogen) atoms. The maximum atomic E-state index is 13.0. The van der Waals surface area contributed by atoms with Crippen molar-refractivity contribution in [2.75, 3.05) is 11.4 Å². The lowest BCUT2D eigenvalue weighted by Crippen LogP contribution is -2.41. The zero-order chi connectivity index (χ0) is 15.6. The van der Waals surface area contributed by atoms with E-state index in [9.17, 15) is 13.2 Å². The van der Waals surface area contributed by atoms with Crippen LogP contribution >= 0.6 is 0 Å². The first-order valence-corrected chi connectivity index (χ1v) is 6.11. The quantitative estimate of drug-likeness (QED) is 0.770.